The van der Waals surface area contributed by atoms with Crippen LogP contribution >= 0.6 is 0 Å². The molecule has 0 saturated carbocycles. The molecule has 0 aromatic heterocycles. The van der Waals surface area contributed by atoms with Gasteiger partial charge >= 0.3 is 0 Å². The molecule has 0 spiro atoms. The molecule has 1 amide bonds. The summed E-state index contributed by atoms with van der Waals surface area (Å²) in [7, 11) is 0. The van der Waals surface area contributed by atoms with E-state index in [0.29, 0.717) is 25.5 Å². The van der Waals surface area contributed by atoms with Crippen LogP contribution < -0.4 is 0 Å². The third kappa shape index (κ3) is 2.17. The van der Waals surface area contributed by atoms with Crippen LogP contribution in [0.25, 0.3) is 0 Å². The van der Waals surface area contributed by atoms with E-state index in [-0.39, 0.29) is 12.5 Å². The van der Waals surface area contributed by atoms with Crippen LogP contribution in [-0.2, 0) is 14.3 Å². The van der Waals surface area contributed by atoms with E-state index in [9.17, 15) is 4.79 Å². The molecule has 0 aliphatic carbocycles. The molecule has 5 heteroatoms. The fraction of sp³-hybridized carbons (Fsp3) is 0.636. The lowest BCUT2D eigenvalue weighted by Crippen LogP contribution is -2.48. The largest absolute Gasteiger partial charge is 0.488 e. The van der Waals surface area contributed by atoms with E-state index in [2.05, 4.69) is 6.07 Å². The number of carbonyl (C=O) groups excluding carboxylic acids is 1. The molecule has 0 radical (unpaired) electrons. The van der Waals surface area contributed by atoms with Crippen molar-refractivity contribution in [3.8, 4) is 6.07 Å². The van der Waals surface area contributed by atoms with Gasteiger partial charge in [-0.25, -0.2) is 0 Å². The number of amides is 1. The number of allylic oxidation sites excluding steroid dienone is 1. The van der Waals surface area contributed by atoms with E-state index in [0.717, 1.165) is 12.8 Å². The van der Waals surface area contributed by atoms with E-state index in [1.165, 1.54) is 4.90 Å². The topological polar surface area (TPSA) is 62.6 Å². The van der Waals surface area contributed by atoms with Crippen LogP contribution in [0.2, 0.25) is 0 Å². The summed E-state index contributed by atoms with van der Waals surface area (Å²) < 4.78 is 10.5. The van der Waals surface area contributed by atoms with Crippen LogP contribution in [0.3, 0.4) is 0 Å². The average molecular weight is 222 g/mol. The summed E-state index contributed by atoms with van der Waals surface area (Å²) in [6, 6.07) is 1.58. The predicted octanol–water partition coefficient (Wildman–Crippen LogP) is 0.432. The summed E-state index contributed by atoms with van der Waals surface area (Å²) >= 11 is 0. The number of carbonyl (C=O) groups is 1. The maximum Gasteiger partial charge on any atom is 0.289 e. The first-order valence-corrected chi connectivity index (χ1v) is 5.44. The normalized spacial score (nSPS) is 25.3. The van der Waals surface area contributed by atoms with Crippen LogP contribution in [0.4, 0.5) is 0 Å². The van der Waals surface area contributed by atoms with Crippen molar-refractivity contribution >= 4 is 5.91 Å². The zero-order valence-electron chi connectivity index (χ0n) is 9.02. The number of hydrogen-bond acceptors (Lipinski definition) is 4. The summed E-state index contributed by atoms with van der Waals surface area (Å²) in [4.78, 5) is 13.6. The Kier molecular flexibility index (Phi) is 3.42. The summed E-state index contributed by atoms with van der Waals surface area (Å²) in [6.07, 6.45) is 3.61. The molecule has 2 aliphatic rings. The van der Waals surface area contributed by atoms with Gasteiger partial charge in [-0.15, -0.1) is 0 Å². The highest BCUT2D eigenvalue weighted by Crippen LogP contribution is 2.16. The fourth-order valence-corrected chi connectivity index (χ4v) is 1.80. The number of rotatable bonds is 1. The minimum absolute atomic E-state index is 0.186. The molecule has 1 atom stereocenters. The molecule has 1 fully saturated rings. The fourth-order valence-electron chi connectivity index (χ4n) is 1.80. The van der Waals surface area contributed by atoms with E-state index in [1.54, 1.807) is 6.08 Å². The Balaban J connectivity index is 2.07. The molecule has 86 valence electrons. The first-order chi connectivity index (χ1) is 7.83. The third-order valence-electron chi connectivity index (χ3n) is 2.68. The van der Waals surface area contributed by atoms with Gasteiger partial charge in [0.25, 0.3) is 5.91 Å². The van der Waals surface area contributed by atoms with Gasteiger partial charge in [-0.05, 0) is 18.9 Å². The lowest BCUT2D eigenvalue weighted by atomic mass is 10.2. The Bertz CT molecular complexity index is 346. The maximum atomic E-state index is 12.0. The van der Waals surface area contributed by atoms with Gasteiger partial charge in [0.15, 0.2) is 5.76 Å². The first kappa shape index (κ1) is 11.0. The monoisotopic (exact) mass is 222 g/mol. The maximum absolute atomic E-state index is 12.0. The zero-order chi connectivity index (χ0) is 11.4. The summed E-state index contributed by atoms with van der Waals surface area (Å²) in [5.74, 6) is 0.197. The van der Waals surface area contributed by atoms with Gasteiger partial charge in [0.1, 0.15) is 6.04 Å². The molecule has 0 bridgehead atoms. The Morgan fingerprint density at radius 1 is 1.56 bits per heavy atom. The second kappa shape index (κ2) is 4.99. The highest BCUT2D eigenvalue weighted by molar-refractivity contribution is 5.92. The van der Waals surface area contributed by atoms with Crippen molar-refractivity contribution in [2.24, 2.45) is 0 Å². The lowest BCUT2D eigenvalue weighted by Gasteiger charge is -2.32. The molecule has 0 unspecified atom stereocenters. The van der Waals surface area contributed by atoms with Crippen LogP contribution in [-0.4, -0.2) is 43.2 Å². The van der Waals surface area contributed by atoms with Crippen molar-refractivity contribution in [1.29, 1.82) is 5.26 Å². The van der Waals surface area contributed by atoms with E-state index in [4.69, 9.17) is 14.7 Å². The van der Waals surface area contributed by atoms with Gasteiger partial charge in [0.05, 0.1) is 25.9 Å². The summed E-state index contributed by atoms with van der Waals surface area (Å²) in [5, 5.41) is 8.92. The van der Waals surface area contributed by atoms with E-state index >= 15 is 0 Å². The average Bonchev–Trinajstić information content (AvgIpc) is 2.39. The number of hydrogen-bond donors (Lipinski definition) is 0. The van der Waals surface area contributed by atoms with Crippen LogP contribution in [0.1, 0.15) is 12.8 Å². The molecule has 2 rings (SSSR count). The smallest absolute Gasteiger partial charge is 0.289 e. The molecule has 2 aliphatic heterocycles. The second-order valence-corrected chi connectivity index (χ2v) is 3.78. The molecule has 16 heavy (non-hydrogen) atoms. The number of nitriles is 1. The van der Waals surface area contributed by atoms with Gasteiger partial charge in [-0.3, -0.25) is 4.79 Å². The van der Waals surface area contributed by atoms with Crippen molar-refractivity contribution < 1.29 is 14.3 Å². The Morgan fingerprint density at radius 2 is 2.44 bits per heavy atom. The first-order valence-electron chi connectivity index (χ1n) is 5.44. The third-order valence-corrected chi connectivity index (χ3v) is 2.68. The Morgan fingerprint density at radius 3 is 3.12 bits per heavy atom. The molecular weight excluding hydrogens is 208 g/mol. The standard InChI is InChI=1S/C11H14N2O3/c12-7-9-8-15-6-4-13(9)11(14)10-3-1-2-5-16-10/h3,9H,1-2,4-6,8H2/t9-/m0/s1. The lowest BCUT2D eigenvalue weighted by molar-refractivity contribution is -0.137. The van der Waals surface area contributed by atoms with Gasteiger partial charge < -0.3 is 14.4 Å². The van der Waals surface area contributed by atoms with Crippen molar-refractivity contribution in [3.63, 3.8) is 0 Å². The van der Waals surface area contributed by atoms with Gasteiger partial charge in [-0.1, -0.05) is 0 Å². The molecule has 2 heterocycles. The molecule has 0 aromatic carbocycles. The SMILES string of the molecule is N#C[C@H]1COCCN1C(=O)C1=CCCCO1. The van der Waals surface area contributed by atoms with Crippen molar-refractivity contribution in [2.75, 3.05) is 26.4 Å². The van der Waals surface area contributed by atoms with Crippen molar-refractivity contribution in [2.45, 2.75) is 18.9 Å². The molecule has 1 saturated heterocycles. The highest BCUT2D eigenvalue weighted by atomic mass is 16.5. The summed E-state index contributed by atoms with van der Waals surface area (Å²) in [5.41, 5.74) is 0. The predicted molar refractivity (Wildman–Crippen MR) is 55.2 cm³/mol. The van der Waals surface area contributed by atoms with Gasteiger partial charge in [0.2, 0.25) is 0 Å². The highest BCUT2D eigenvalue weighted by Gasteiger charge is 2.30. The van der Waals surface area contributed by atoms with Crippen molar-refractivity contribution in [1.82, 2.24) is 4.90 Å². The quantitative estimate of drug-likeness (QED) is 0.645. The summed E-state index contributed by atoms with van der Waals surface area (Å²) in [6.45, 7) is 1.81. The molecule has 0 N–H and O–H groups in total. The van der Waals surface area contributed by atoms with E-state index < -0.39 is 6.04 Å². The number of ether oxygens (including phenoxy) is 2. The molecular formula is C11H14N2O3. The number of nitrogens with zero attached hydrogens (tertiary/aromatic N) is 2. The van der Waals surface area contributed by atoms with Gasteiger partial charge in [-0.2, -0.15) is 5.26 Å². The molecule has 0 aromatic rings. The number of morpholine rings is 1. The van der Waals surface area contributed by atoms with Crippen LogP contribution in [0, 0.1) is 11.3 Å². The van der Waals surface area contributed by atoms with Crippen LogP contribution in [0.5, 0.6) is 0 Å². The molecule has 5 nitrogen and oxygen atoms in total. The van der Waals surface area contributed by atoms with E-state index in [1.807, 2.05) is 0 Å². The zero-order valence-corrected chi connectivity index (χ0v) is 9.02. The minimum atomic E-state index is -0.493. The van der Waals surface area contributed by atoms with Crippen molar-refractivity contribution in [3.05, 3.63) is 11.8 Å². The Hall–Kier alpha value is -1.54. The Labute approximate surface area is 94.2 Å². The van der Waals surface area contributed by atoms with Crippen LogP contribution in [0.15, 0.2) is 11.8 Å². The second-order valence-electron chi connectivity index (χ2n) is 3.78. The van der Waals surface area contributed by atoms with Gasteiger partial charge in [0, 0.05) is 6.54 Å². The minimum Gasteiger partial charge on any atom is -0.488 e.